The molecule has 0 atom stereocenters. The van der Waals surface area contributed by atoms with Gasteiger partial charge in [-0.25, -0.2) is 0 Å². The molecule has 3 heteroatoms. The normalized spacial score (nSPS) is 26.4. The Morgan fingerprint density at radius 3 is 1.56 bits per heavy atom. The van der Waals surface area contributed by atoms with E-state index in [-0.39, 0.29) is 11.9 Å². The molecule has 0 unspecified atom stereocenters. The number of cyclic esters (lactones) is 2. The molecule has 2 aliphatic rings. The Morgan fingerprint density at radius 2 is 1.17 bits per heavy atom. The van der Waals surface area contributed by atoms with E-state index >= 15 is 0 Å². The van der Waals surface area contributed by atoms with Crippen LogP contribution >= 0.6 is 0 Å². The second-order valence-electron chi connectivity index (χ2n) is 5.90. The van der Waals surface area contributed by atoms with Gasteiger partial charge in [0.2, 0.25) is 0 Å². The maximum Gasteiger partial charge on any atom is 0.320 e. The van der Waals surface area contributed by atoms with Crippen molar-refractivity contribution in [2.75, 3.05) is 0 Å². The molecular formula is C15H24O3. The Kier molecular flexibility index (Phi) is 4.79. The lowest BCUT2D eigenvalue weighted by atomic mass is 9.76. The second kappa shape index (κ2) is 6.35. The zero-order chi connectivity index (χ0) is 12.8. The Morgan fingerprint density at radius 1 is 0.722 bits per heavy atom. The van der Waals surface area contributed by atoms with Gasteiger partial charge in [0.05, 0.1) is 11.8 Å². The van der Waals surface area contributed by atoms with Crippen LogP contribution in [0.15, 0.2) is 0 Å². The van der Waals surface area contributed by atoms with Gasteiger partial charge in [0.15, 0.2) is 0 Å². The quantitative estimate of drug-likeness (QED) is 0.487. The molecule has 1 saturated carbocycles. The summed E-state index contributed by atoms with van der Waals surface area (Å²) in [6, 6.07) is 0. The van der Waals surface area contributed by atoms with Gasteiger partial charge in [-0.15, -0.1) is 0 Å². The average molecular weight is 252 g/mol. The Bertz CT molecular complexity index is 297. The fourth-order valence-electron chi connectivity index (χ4n) is 3.27. The maximum absolute atomic E-state index is 11.9. The van der Waals surface area contributed by atoms with E-state index in [9.17, 15) is 9.59 Å². The van der Waals surface area contributed by atoms with Crippen molar-refractivity contribution in [2.24, 2.45) is 5.41 Å². The lowest BCUT2D eigenvalue weighted by molar-refractivity contribution is -0.155. The van der Waals surface area contributed by atoms with E-state index in [0.29, 0.717) is 6.42 Å². The van der Waals surface area contributed by atoms with Gasteiger partial charge in [-0.1, -0.05) is 57.8 Å². The summed E-state index contributed by atoms with van der Waals surface area (Å²) in [6.07, 6.45) is 13.0. The number of ether oxygens (including phenoxy) is 1. The molecule has 1 spiro atoms. The van der Waals surface area contributed by atoms with Crippen LogP contribution in [0.3, 0.4) is 0 Å². The summed E-state index contributed by atoms with van der Waals surface area (Å²) in [6.45, 7) is 0. The van der Waals surface area contributed by atoms with Crippen molar-refractivity contribution >= 4 is 11.9 Å². The minimum Gasteiger partial charge on any atom is -0.393 e. The number of carbonyl (C=O) groups is 2. The van der Waals surface area contributed by atoms with Crippen molar-refractivity contribution in [3.63, 3.8) is 0 Å². The molecule has 0 aromatic carbocycles. The summed E-state index contributed by atoms with van der Waals surface area (Å²) >= 11 is 0. The van der Waals surface area contributed by atoms with Gasteiger partial charge in [-0.05, 0) is 12.8 Å². The molecular weight excluding hydrogens is 228 g/mol. The van der Waals surface area contributed by atoms with Crippen LogP contribution in [-0.4, -0.2) is 11.9 Å². The minimum absolute atomic E-state index is 0.246. The summed E-state index contributed by atoms with van der Waals surface area (Å²) in [4.78, 5) is 23.3. The molecule has 0 bridgehead atoms. The third-order valence-electron chi connectivity index (χ3n) is 4.43. The molecule has 1 aliphatic heterocycles. The van der Waals surface area contributed by atoms with E-state index in [1.54, 1.807) is 0 Å². The monoisotopic (exact) mass is 252 g/mol. The van der Waals surface area contributed by atoms with E-state index < -0.39 is 5.41 Å². The maximum atomic E-state index is 11.9. The molecule has 1 heterocycles. The van der Waals surface area contributed by atoms with Crippen LogP contribution in [0.5, 0.6) is 0 Å². The fraction of sp³-hybridized carbons (Fsp3) is 0.867. The van der Waals surface area contributed by atoms with Gasteiger partial charge >= 0.3 is 11.9 Å². The highest BCUT2D eigenvalue weighted by atomic mass is 16.6. The van der Waals surface area contributed by atoms with E-state index in [0.717, 1.165) is 25.7 Å². The molecule has 0 aromatic rings. The van der Waals surface area contributed by atoms with Crippen molar-refractivity contribution in [3.8, 4) is 0 Å². The molecule has 0 N–H and O–H groups in total. The molecule has 102 valence electrons. The van der Waals surface area contributed by atoms with Crippen molar-refractivity contribution in [3.05, 3.63) is 0 Å². The Labute approximate surface area is 109 Å². The molecule has 0 aromatic heterocycles. The zero-order valence-electron chi connectivity index (χ0n) is 11.2. The minimum atomic E-state index is -0.462. The summed E-state index contributed by atoms with van der Waals surface area (Å²) in [5.41, 5.74) is -0.462. The highest BCUT2D eigenvalue weighted by Crippen LogP contribution is 2.41. The van der Waals surface area contributed by atoms with Crippen LogP contribution in [-0.2, 0) is 14.3 Å². The summed E-state index contributed by atoms with van der Waals surface area (Å²) in [5, 5.41) is 0. The predicted molar refractivity (Wildman–Crippen MR) is 68.9 cm³/mol. The first-order valence-electron chi connectivity index (χ1n) is 7.48. The summed E-state index contributed by atoms with van der Waals surface area (Å²) in [7, 11) is 0. The SMILES string of the molecule is O=C1CC2(CCCCCCCCCCC2)C(=O)O1. The van der Waals surface area contributed by atoms with Gasteiger partial charge in [0, 0.05) is 0 Å². The van der Waals surface area contributed by atoms with Crippen LogP contribution < -0.4 is 0 Å². The zero-order valence-corrected chi connectivity index (χ0v) is 11.2. The highest BCUT2D eigenvalue weighted by molar-refractivity contribution is 5.97. The van der Waals surface area contributed by atoms with Gasteiger partial charge < -0.3 is 4.74 Å². The number of esters is 2. The van der Waals surface area contributed by atoms with E-state index in [2.05, 4.69) is 0 Å². The predicted octanol–water partition coefficient (Wildman–Crippen LogP) is 3.75. The smallest absolute Gasteiger partial charge is 0.320 e. The Balaban J connectivity index is 1.96. The first kappa shape index (κ1) is 13.6. The first-order chi connectivity index (χ1) is 8.73. The molecule has 1 saturated heterocycles. The first-order valence-corrected chi connectivity index (χ1v) is 7.48. The largest absolute Gasteiger partial charge is 0.393 e. The topological polar surface area (TPSA) is 43.4 Å². The average Bonchev–Trinajstić information content (AvgIpc) is 2.59. The van der Waals surface area contributed by atoms with E-state index in [4.69, 9.17) is 4.74 Å². The highest BCUT2D eigenvalue weighted by Gasteiger charge is 2.47. The molecule has 2 fully saturated rings. The number of hydrogen-bond acceptors (Lipinski definition) is 3. The number of carbonyl (C=O) groups excluding carboxylic acids is 2. The van der Waals surface area contributed by atoms with Gasteiger partial charge in [-0.2, -0.15) is 0 Å². The fourth-order valence-corrected chi connectivity index (χ4v) is 3.27. The van der Waals surface area contributed by atoms with Crippen molar-refractivity contribution < 1.29 is 14.3 Å². The van der Waals surface area contributed by atoms with Crippen LogP contribution in [0.25, 0.3) is 0 Å². The van der Waals surface area contributed by atoms with Crippen molar-refractivity contribution in [2.45, 2.75) is 77.0 Å². The third-order valence-corrected chi connectivity index (χ3v) is 4.43. The number of hydrogen-bond donors (Lipinski definition) is 0. The van der Waals surface area contributed by atoms with Gasteiger partial charge in [-0.3, -0.25) is 9.59 Å². The van der Waals surface area contributed by atoms with Crippen LogP contribution in [0, 0.1) is 5.41 Å². The standard InChI is InChI=1S/C15H24O3/c16-13-12-15(14(17)18-13)10-8-6-4-2-1-3-5-7-9-11-15/h1-12H2. The second-order valence-corrected chi connectivity index (χ2v) is 5.90. The van der Waals surface area contributed by atoms with Crippen LogP contribution in [0.1, 0.15) is 77.0 Å². The molecule has 18 heavy (non-hydrogen) atoms. The van der Waals surface area contributed by atoms with Crippen LogP contribution in [0.2, 0.25) is 0 Å². The van der Waals surface area contributed by atoms with Crippen molar-refractivity contribution in [1.29, 1.82) is 0 Å². The van der Waals surface area contributed by atoms with E-state index in [1.807, 2.05) is 0 Å². The van der Waals surface area contributed by atoms with Gasteiger partial charge in [0.1, 0.15) is 0 Å². The van der Waals surface area contributed by atoms with E-state index in [1.165, 1.54) is 44.9 Å². The molecule has 0 radical (unpaired) electrons. The lowest BCUT2D eigenvalue weighted by Gasteiger charge is -2.24. The van der Waals surface area contributed by atoms with Crippen LogP contribution in [0.4, 0.5) is 0 Å². The molecule has 0 amide bonds. The molecule has 1 aliphatic carbocycles. The molecule has 3 nitrogen and oxygen atoms in total. The lowest BCUT2D eigenvalue weighted by Crippen LogP contribution is -2.26. The van der Waals surface area contributed by atoms with Gasteiger partial charge in [0.25, 0.3) is 0 Å². The number of rotatable bonds is 0. The molecule has 2 rings (SSSR count). The Hall–Kier alpha value is -0.860. The third kappa shape index (κ3) is 3.33. The summed E-state index contributed by atoms with van der Waals surface area (Å²) in [5.74, 6) is -0.559. The van der Waals surface area contributed by atoms with Crippen molar-refractivity contribution in [1.82, 2.24) is 0 Å². The summed E-state index contributed by atoms with van der Waals surface area (Å²) < 4.78 is 4.80.